The summed E-state index contributed by atoms with van der Waals surface area (Å²) in [5, 5.41) is 3.52. The van der Waals surface area contributed by atoms with Crippen LogP contribution in [0.3, 0.4) is 0 Å². The molecule has 0 heterocycles. The second-order valence-electron chi connectivity index (χ2n) is 23.4. The molecule has 1 N–H and O–H groups in total. The van der Waals surface area contributed by atoms with E-state index in [4.69, 9.17) is 17.4 Å². The van der Waals surface area contributed by atoms with Crippen molar-refractivity contribution in [1.29, 1.82) is 0 Å². The second kappa shape index (κ2) is 36.3. The van der Waals surface area contributed by atoms with Crippen molar-refractivity contribution in [1.82, 2.24) is 0 Å². The standard InChI is InChI=1S/C48H49N2O4S.C33H31N2.C2H6.Na.O3S/c1-6-38(31-37-15-12-16-45(32-37)55(51,52)53)40-19-27-46(34(4)29-40)48(39-17-20-41(21-18-39)49-42-22-25-44(26-23-42)54-8-3)47-28-24-43(30-35(47)5)50(7-2)33-36-13-10-9-11-14-36;1-24-14-16-26(17-15-24)32(27-18-21-28(22-19-27)34(2)3)33-30-13-9-8-10-25(30)20-23-31(33)35(4)29-11-6-5-7-12-29;1-2;;1-4(2)3/h9-10,12-30,32,38H,6-8,31,33H2,1-5H3,(H,51,52,53);5-23H,1-4H3;1-2H3;;/q-1;+1;;+1;. The molecule has 0 radical (unpaired) electrons. The van der Waals surface area contributed by atoms with Crippen molar-refractivity contribution in [2.45, 2.75) is 85.6 Å². The molecule has 11 nitrogen and oxygen atoms in total. The van der Waals surface area contributed by atoms with Crippen molar-refractivity contribution in [3.8, 4) is 5.75 Å². The van der Waals surface area contributed by atoms with E-state index in [0.29, 0.717) is 13.0 Å². The topological polar surface area (TPSA) is 139 Å². The maximum atomic E-state index is 11.7. The van der Waals surface area contributed by atoms with Crippen LogP contribution >= 0.6 is 0 Å². The molecule has 0 amide bonds. The van der Waals surface area contributed by atoms with Crippen LogP contribution in [-0.4, -0.2) is 80.5 Å². The van der Waals surface area contributed by atoms with Crippen LogP contribution in [0.4, 0.5) is 22.7 Å². The molecule has 0 aliphatic heterocycles. The van der Waals surface area contributed by atoms with Crippen LogP contribution in [0.1, 0.15) is 115 Å². The number of aryl methyl sites for hydroxylation is 2. The van der Waals surface area contributed by atoms with Gasteiger partial charge in [0.05, 0.1) is 17.1 Å². The third-order valence-electron chi connectivity index (χ3n) is 16.8. The van der Waals surface area contributed by atoms with E-state index in [1.807, 2.05) is 69.3 Å². The molecule has 1 atom stereocenters. The minimum absolute atomic E-state index is 0. The minimum Gasteiger partial charge on any atom is -0.744 e. The zero-order valence-corrected chi connectivity index (χ0v) is 61.4. The van der Waals surface area contributed by atoms with Crippen LogP contribution in [0.25, 0.3) is 22.8 Å². The van der Waals surface area contributed by atoms with Crippen LogP contribution in [0.15, 0.2) is 259 Å². The van der Waals surface area contributed by atoms with Gasteiger partial charge in [-0.3, -0.25) is 0 Å². The number of hydrogen-bond donors (Lipinski definition) is 1. The predicted molar refractivity (Wildman–Crippen MR) is 395 cm³/mol. The van der Waals surface area contributed by atoms with Crippen LogP contribution < -0.4 is 44.5 Å². The molecule has 9 aromatic carbocycles. The number of anilines is 3. The quantitative estimate of drug-likeness (QED) is 0.0385. The third kappa shape index (κ3) is 20.3. The first-order valence-corrected chi connectivity index (χ1v) is 35.0. The van der Waals surface area contributed by atoms with E-state index in [0.717, 1.165) is 70.1 Å². The third-order valence-corrected chi connectivity index (χ3v) is 17.7. The Labute approximate surface area is 599 Å². The first-order valence-electron chi connectivity index (χ1n) is 32.6. The number of fused-ring (bicyclic) bond motifs is 1. The van der Waals surface area contributed by atoms with E-state index < -0.39 is 20.7 Å². The fraction of sp³-hybridized carbons (Fsp3) is 0.205. The molecule has 0 saturated heterocycles. The molecule has 2 aliphatic rings. The number of benzene rings is 9. The van der Waals surface area contributed by atoms with Crippen molar-refractivity contribution < 1.29 is 69.0 Å². The maximum Gasteiger partial charge on any atom is 1.00 e. The number of nitrogens with zero attached hydrogens (tertiary/aromatic N) is 3. The van der Waals surface area contributed by atoms with Gasteiger partial charge in [-0.25, -0.2) is 13.0 Å². The summed E-state index contributed by atoms with van der Waals surface area (Å²) in [6, 6.07) is 78.2. The molecule has 11 rings (SSSR count). The molecule has 14 heteroatoms. The van der Waals surface area contributed by atoms with Gasteiger partial charge in [-0.1, -0.05) is 153 Å². The molecule has 0 aromatic heterocycles. The van der Waals surface area contributed by atoms with Crippen molar-refractivity contribution in [2.24, 2.45) is 0 Å². The van der Waals surface area contributed by atoms with Gasteiger partial charge >= 0.3 is 40.2 Å². The average Bonchev–Trinajstić information content (AvgIpc) is 0.766. The first-order chi connectivity index (χ1) is 46.3. The summed E-state index contributed by atoms with van der Waals surface area (Å²) in [4.78, 5) is 1.95. The van der Waals surface area contributed by atoms with Crippen molar-refractivity contribution in [2.75, 3.05) is 44.5 Å². The molecule has 0 saturated carbocycles. The number of nitrogens with one attached hydrogen (secondary N) is 1. The zero-order chi connectivity index (χ0) is 68.9. The Morgan fingerprint density at radius 2 is 1.27 bits per heavy atom. The largest absolute Gasteiger partial charge is 1.00 e. The summed E-state index contributed by atoms with van der Waals surface area (Å²) < 4.78 is 70.8. The minimum atomic E-state index is -4.52. The summed E-state index contributed by atoms with van der Waals surface area (Å²) in [7, 11) is -1.31. The van der Waals surface area contributed by atoms with Gasteiger partial charge in [0, 0.05) is 67.1 Å². The molecule has 0 spiro atoms. The van der Waals surface area contributed by atoms with E-state index >= 15 is 0 Å². The number of hydrogen-bond acceptors (Lipinski definition) is 9. The summed E-state index contributed by atoms with van der Waals surface area (Å²) in [5.74, 6) is 0.997. The monoisotopic (exact) mass is 1340 g/mol. The Hall–Kier alpha value is -9.05. The Morgan fingerprint density at radius 3 is 1.86 bits per heavy atom. The number of ether oxygens (including phenoxy) is 1. The van der Waals surface area contributed by atoms with Gasteiger partial charge in [0.15, 0.2) is 5.71 Å². The molecule has 2 aliphatic carbocycles. The molecule has 492 valence electrons. The molecule has 0 bridgehead atoms. The maximum absolute atomic E-state index is 11.7. The number of rotatable bonds is 18. The van der Waals surface area contributed by atoms with Crippen LogP contribution in [0.2, 0.25) is 0 Å². The summed E-state index contributed by atoms with van der Waals surface area (Å²) >= 11 is 0. The van der Waals surface area contributed by atoms with Crippen LogP contribution in [-0.2, 0) is 33.7 Å². The first kappa shape index (κ1) is 75.3. The van der Waals surface area contributed by atoms with Crippen molar-refractivity contribution >= 4 is 77.7 Å². The molecular formula is C83H86N4NaO7S2+. The van der Waals surface area contributed by atoms with Gasteiger partial charge in [-0.2, -0.15) is 34.9 Å². The van der Waals surface area contributed by atoms with Gasteiger partial charge in [-0.05, 0) is 193 Å². The van der Waals surface area contributed by atoms with Gasteiger partial charge in [0.25, 0.3) is 0 Å². The fourth-order valence-corrected chi connectivity index (χ4v) is 12.5. The zero-order valence-electron chi connectivity index (χ0n) is 57.8. The van der Waals surface area contributed by atoms with Crippen molar-refractivity contribution in [3.05, 3.63) is 321 Å². The Morgan fingerprint density at radius 1 is 0.660 bits per heavy atom. The van der Waals surface area contributed by atoms with E-state index in [1.54, 1.807) is 6.07 Å². The predicted octanol–water partition coefficient (Wildman–Crippen LogP) is 15.1. The van der Waals surface area contributed by atoms with E-state index in [-0.39, 0.29) is 40.4 Å². The smallest absolute Gasteiger partial charge is 0.744 e. The Kier molecular flexibility index (Phi) is 28.2. The second-order valence-corrected chi connectivity index (χ2v) is 25.2. The van der Waals surface area contributed by atoms with E-state index in [9.17, 15) is 13.0 Å². The SMILES string of the molecule is CC.CCOc1ccc(Nc2ccc(C(=C3C=CC(=[N+](CC)Cc4c[c-]ccc4)C=C3C)c3ccc(C(CC)Cc4cccc(S(=O)(=O)[O-])c4)cc3C)cc2)cc1.Cc1ccc(C(=C2C(=[N+](C)c3ccccc3)C=Cc3ccccc32)c2ccc(N(C)C)cc2)cc1.O=S(=O)=O.[Na+]. The fourth-order valence-electron chi connectivity index (χ4n) is 11.9. The van der Waals surface area contributed by atoms with E-state index in [1.165, 1.54) is 90.5 Å². The van der Waals surface area contributed by atoms with E-state index in [2.05, 4.69) is 263 Å². The molecule has 9 aromatic rings. The molecular weight excluding hydrogens is 1250 g/mol. The Bertz CT molecular complexity index is 4610. The summed E-state index contributed by atoms with van der Waals surface area (Å²) in [5.41, 5.74) is 25.5. The number of allylic oxidation sites excluding steroid dienone is 7. The van der Waals surface area contributed by atoms with Gasteiger partial charge in [-0.15, -0.1) is 12.6 Å². The average molecular weight is 1340 g/mol. The normalized spacial score (nSPS) is 14.5. The summed E-state index contributed by atoms with van der Waals surface area (Å²) in [6.45, 7) is 19.1. The van der Waals surface area contributed by atoms with Gasteiger partial charge in [0.1, 0.15) is 36.0 Å². The Balaban J connectivity index is 0.000000270. The molecule has 1 unspecified atom stereocenters. The molecule has 97 heavy (non-hydrogen) atoms. The number of para-hydroxylation sites is 1. The summed E-state index contributed by atoms with van der Waals surface area (Å²) in [6.07, 6.45) is 12.8. The van der Waals surface area contributed by atoms with Crippen molar-refractivity contribution in [3.63, 3.8) is 0 Å². The van der Waals surface area contributed by atoms with Gasteiger partial charge < -0.3 is 19.5 Å². The molecule has 0 fully saturated rings. The van der Waals surface area contributed by atoms with Crippen LogP contribution in [0, 0.1) is 19.9 Å². The van der Waals surface area contributed by atoms with Gasteiger partial charge in [0.2, 0.25) is 11.4 Å². The van der Waals surface area contributed by atoms with Crippen LogP contribution in [0.5, 0.6) is 5.75 Å².